The fourth-order valence-electron chi connectivity index (χ4n) is 2.60. The van der Waals surface area contributed by atoms with Crippen LogP contribution in [-0.4, -0.2) is 23.4 Å². The predicted octanol–water partition coefficient (Wildman–Crippen LogP) is 2.86. The molecule has 0 spiro atoms. The van der Waals surface area contributed by atoms with Crippen LogP contribution in [0, 0.1) is 12.8 Å². The van der Waals surface area contributed by atoms with Crippen LogP contribution in [0.2, 0.25) is 0 Å². The van der Waals surface area contributed by atoms with Gasteiger partial charge in [-0.25, -0.2) is 0 Å². The van der Waals surface area contributed by atoms with E-state index in [1.54, 1.807) is 7.11 Å². The van der Waals surface area contributed by atoms with Gasteiger partial charge in [-0.1, -0.05) is 18.2 Å². The first-order valence-corrected chi connectivity index (χ1v) is 7.86. The summed E-state index contributed by atoms with van der Waals surface area (Å²) in [6, 6.07) is 8.12. The molecule has 0 fully saturated rings. The number of nitrogens with zero attached hydrogens (tertiary/aromatic N) is 2. The summed E-state index contributed by atoms with van der Waals surface area (Å²) in [5, 5.41) is 4.44. The first-order valence-electron chi connectivity index (χ1n) is 7.06. The van der Waals surface area contributed by atoms with Crippen LogP contribution in [0.15, 0.2) is 28.7 Å². The number of halogens is 1. The molecule has 2 rings (SSSR count). The summed E-state index contributed by atoms with van der Waals surface area (Å²) >= 11 is 3.62. The molecule has 1 atom stereocenters. The summed E-state index contributed by atoms with van der Waals surface area (Å²) in [5.74, 6) is 1.28. The minimum absolute atomic E-state index is 0.354. The van der Waals surface area contributed by atoms with E-state index >= 15 is 0 Å². The van der Waals surface area contributed by atoms with Gasteiger partial charge in [0.15, 0.2) is 0 Å². The third-order valence-electron chi connectivity index (χ3n) is 3.78. The Bertz CT molecular complexity index is 610. The van der Waals surface area contributed by atoms with E-state index in [0.717, 1.165) is 28.8 Å². The maximum atomic E-state index is 5.98. The molecule has 2 N–H and O–H groups in total. The number of rotatable bonds is 6. The van der Waals surface area contributed by atoms with E-state index in [1.165, 1.54) is 11.3 Å². The number of aromatic nitrogens is 2. The third-order valence-corrected chi connectivity index (χ3v) is 4.81. The SMILES string of the molecule is COc1ccccc1CC(CN)Cc1c(Br)c(C)nn1C. The highest BCUT2D eigenvalue weighted by atomic mass is 79.9. The van der Waals surface area contributed by atoms with Crippen molar-refractivity contribution in [1.82, 2.24) is 9.78 Å². The number of methoxy groups -OCH3 is 1. The van der Waals surface area contributed by atoms with E-state index in [9.17, 15) is 0 Å². The van der Waals surface area contributed by atoms with Crippen molar-refractivity contribution in [2.45, 2.75) is 19.8 Å². The average Bonchev–Trinajstić information content (AvgIpc) is 2.73. The van der Waals surface area contributed by atoms with Crippen LogP contribution < -0.4 is 10.5 Å². The van der Waals surface area contributed by atoms with Crippen LogP contribution in [0.25, 0.3) is 0 Å². The van der Waals surface area contributed by atoms with Crippen LogP contribution in [-0.2, 0) is 19.9 Å². The summed E-state index contributed by atoms with van der Waals surface area (Å²) < 4.78 is 8.45. The van der Waals surface area contributed by atoms with E-state index in [1.807, 2.05) is 36.9 Å². The molecule has 0 aliphatic heterocycles. The van der Waals surface area contributed by atoms with Crippen molar-refractivity contribution in [3.8, 4) is 5.75 Å². The number of ether oxygens (including phenoxy) is 1. The number of nitrogens with two attached hydrogens (primary N) is 1. The van der Waals surface area contributed by atoms with E-state index in [2.05, 4.69) is 27.1 Å². The standard InChI is InChI=1S/C16H22BrN3O/c1-11-16(17)14(20(2)19-11)9-12(10-18)8-13-6-4-5-7-15(13)21-3/h4-7,12H,8-10,18H2,1-3H3. The largest absolute Gasteiger partial charge is 0.496 e. The first kappa shape index (κ1) is 16.0. The number of benzene rings is 1. The normalized spacial score (nSPS) is 12.4. The van der Waals surface area contributed by atoms with Crippen LogP contribution in [0.4, 0.5) is 0 Å². The summed E-state index contributed by atoms with van der Waals surface area (Å²) in [6.07, 6.45) is 1.80. The molecule has 1 aromatic carbocycles. The lowest BCUT2D eigenvalue weighted by atomic mass is 9.94. The molecule has 0 aliphatic carbocycles. The smallest absolute Gasteiger partial charge is 0.122 e. The topological polar surface area (TPSA) is 53.1 Å². The van der Waals surface area contributed by atoms with Crippen LogP contribution in [0.1, 0.15) is 17.0 Å². The Hall–Kier alpha value is -1.33. The molecular weight excluding hydrogens is 330 g/mol. The molecule has 0 saturated carbocycles. The quantitative estimate of drug-likeness (QED) is 0.870. The van der Waals surface area contributed by atoms with Crippen molar-refractivity contribution in [2.75, 3.05) is 13.7 Å². The number of hydrogen-bond donors (Lipinski definition) is 1. The molecule has 0 saturated heterocycles. The maximum Gasteiger partial charge on any atom is 0.122 e. The molecule has 1 heterocycles. The molecule has 0 aliphatic rings. The number of aryl methyl sites for hydroxylation is 2. The fourth-order valence-corrected chi connectivity index (χ4v) is 3.09. The molecular formula is C16H22BrN3O. The van der Waals surface area contributed by atoms with Crippen LogP contribution in [0.5, 0.6) is 5.75 Å². The lowest BCUT2D eigenvalue weighted by Gasteiger charge is -2.17. The number of para-hydroxylation sites is 1. The zero-order valence-corrected chi connectivity index (χ0v) is 14.4. The molecule has 0 radical (unpaired) electrons. The van der Waals surface area contributed by atoms with Gasteiger partial charge >= 0.3 is 0 Å². The Balaban J connectivity index is 2.17. The van der Waals surface area contributed by atoms with Gasteiger partial charge in [-0.3, -0.25) is 4.68 Å². The van der Waals surface area contributed by atoms with Gasteiger partial charge in [0.05, 0.1) is 23.0 Å². The fraction of sp³-hybridized carbons (Fsp3) is 0.438. The monoisotopic (exact) mass is 351 g/mol. The van der Waals surface area contributed by atoms with Gasteiger partial charge in [0, 0.05) is 7.05 Å². The van der Waals surface area contributed by atoms with Crippen molar-refractivity contribution < 1.29 is 4.74 Å². The highest BCUT2D eigenvalue weighted by molar-refractivity contribution is 9.10. The Labute approximate surface area is 134 Å². The van der Waals surface area contributed by atoms with Crippen LogP contribution >= 0.6 is 15.9 Å². The van der Waals surface area contributed by atoms with Gasteiger partial charge < -0.3 is 10.5 Å². The molecule has 5 heteroatoms. The summed E-state index contributed by atoms with van der Waals surface area (Å²) in [7, 11) is 3.68. The van der Waals surface area contributed by atoms with Gasteiger partial charge in [0.25, 0.3) is 0 Å². The maximum absolute atomic E-state index is 5.98. The lowest BCUT2D eigenvalue weighted by molar-refractivity contribution is 0.403. The molecule has 4 nitrogen and oxygen atoms in total. The minimum atomic E-state index is 0.354. The Morgan fingerprint density at radius 3 is 2.62 bits per heavy atom. The van der Waals surface area contributed by atoms with Gasteiger partial charge in [0.1, 0.15) is 5.75 Å². The molecule has 1 aromatic heterocycles. The lowest BCUT2D eigenvalue weighted by Crippen LogP contribution is -2.21. The van der Waals surface area contributed by atoms with Crippen LogP contribution in [0.3, 0.4) is 0 Å². The Morgan fingerprint density at radius 1 is 1.33 bits per heavy atom. The average molecular weight is 352 g/mol. The van der Waals surface area contributed by atoms with Gasteiger partial charge in [-0.2, -0.15) is 5.10 Å². The van der Waals surface area contributed by atoms with Gasteiger partial charge in [-0.15, -0.1) is 0 Å². The molecule has 0 bridgehead atoms. The summed E-state index contributed by atoms with van der Waals surface area (Å²) in [6.45, 7) is 2.64. The highest BCUT2D eigenvalue weighted by Gasteiger charge is 2.17. The zero-order valence-electron chi connectivity index (χ0n) is 12.8. The molecule has 0 amide bonds. The molecule has 21 heavy (non-hydrogen) atoms. The van der Waals surface area contributed by atoms with Gasteiger partial charge in [-0.05, 0) is 59.8 Å². The van der Waals surface area contributed by atoms with E-state index in [0.29, 0.717) is 12.5 Å². The van der Waals surface area contributed by atoms with Crippen molar-refractivity contribution >= 4 is 15.9 Å². The van der Waals surface area contributed by atoms with Gasteiger partial charge in [0.2, 0.25) is 0 Å². The van der Waals surface area contributed by atoms with Crippen molar-refractivity contribution in [3.63, 3.8) is 0 Å². The Kier molecular flexibility index (Phi) is 5.42. The second-order valence-corrected chi connectivity index (χ2v) is 6.08. The third kappa shape index (κ3) is 3.66. The highest BCUT2D eigenvalue weighted by Crippen LogP contribution is 2.26. The van der Waals surface area contributed by atoms with Crippen molar-refractivity contribution in [1.29, 1.82) is 0 Å². The zero-order chi connectivity index (χ0) is 15.4. The molecule has 114 valence electrons. The van der Waals surface area contributed by atoms with Crippen molar-refractivity contribution in [2.24, 2.45) is 18.7 Å². The number of hydrogen-bond acceptors (Lipinski definition) is 3. The van der Waals surface area contributed by atoms with E-state index < -0.39 is 0 Å². The van der Waals surface area contributed by atoms with E-state index in [-0.39, 0.29) is 0 Å². The van der Waals surface area contributed by atoms with Crippen molar-refractivity contribution in [3.05, 3.63) is 45.7 Å². The second-order valence-electron chi connectivity index (χ2n) is 5.29. The summed E-state index contributed by atoms with van der Waals surface area (Å²) in [5.41, 5.74) is 9.39. The second kappa shape index (κ2) is 7.09. The minimum Gasteiger partial charge on any atom is -0.496 e. The molecule has 1 unspecified atom stereocenters. The first-order chi connectivity index (χ1) is 10.1. The van der Waals surface area contributed by atoms with E-state index in [4.69, 9.17) is 10.5 Å². The summed E-state index contributed by atoms with van der Waals surface area (Å²) in [4.78, 5) is 0. The predicted molar refractivity (Wildman–Crippen MR) is 88.6 cm³/mol. The Morgan fingerprint density at radius 2 is 2.05 bits per heavy atom. The molecule has 2 aromatic rings.